The zero-order valence-corrected chi connectivity index (χ0v) is 7.62. The molecule has 0 atom stereocenters. The molecule has 2 nitrogen and oxygen atoms in total. The van der Waals surface area contributed by atoms with Crippen LogP contribution in [0.5, 0.6) is 0 Å². The van der Waals surface area contributed by atoms with E-state index in [9.17, 15) is 0 Å². The molecule has 0 fully saturated rings. The molecule has 0 radical (unpaired) electrons. The van der Waals surface area contributed by atoms with Crippen LogP contribution < -0.4 is 0 Å². The molecule has 1 aromatic heterocycles. The van der Waals surface area contributed by atoms with Crippen LogP contribution >= 0.6 is 20.7 Å². The molecule has 0 spiro atoms. The van der Waals surface area contributed by atoms with Crippen molar-refractivity contribution in [2.45, 2.75) is 6.92 Å². The van der Waals surface area contributed by atoms with Crippen molar-refractivity contribution in [2.24, 2.45) is 0 Å². The highest BCUT2D eigenvalue weighted by Gasteiger charge is 2.06. The van der Waals surface area contributed by atoms with Crippen LogP contribution in [-0.4, -0.2) is 9.00 Å². The molecular formula is C7H6INO. The Morgan fingerprint density at radius 2 is 2.50 bits per heavy atom. The summed E-state index contributed by atoms with van der Waals surface area (Å²) in [6, 6.07) is 0. The first-order valence-electron chi connectivity index (χ1n) is 2.95. The lowest BCUT2D eigenvalue weighted by Gasteiger charge is -1.89. The zero-order chi connectivity index (χ0) is 6.97. The highest BCUT2D eigenvalue weighted by molar-refractivity contribution is 14.2. The van der Waals surface area contributed by atoms with E-state index in [1.54, 1.807) is 0 Å². The van der Waals surface area contributed by atoms with Crippen molar-refractivity contribution in [1.29, 1.82) is 0 Å². The lowest BCUT2D eigenvalue weighted by molar-refractivity contribution is 0.513. The third-order valence-corrected chi connectivity index (χ3v) is 2.97. The standard InChI is InChI=1S/C7H6INO/c1-5-9-6-4-8-3-2-7(6)10-5/h2-4H,1H3. The molecule has 1 aliphatic rings. The topological polar surface area (TPSA) is 26.0 Å². The number of fused-ring (bicyclic) bond motifs is 1. The van der Waals surface area contributed by atoms with Crippen molar-refractivity contribution >= 4 is 30.8 Å². The summed E-state index contributed by atoms with van der Waals surface area (Å²) in [7, 11) is 0. The Balaban J connectivity index is 2.64. The maximum Gasteiger partial charge on any atom is 0.192 e. The highest BCUT2D eigenvalue weighted by atomic mass is 127. The lowest BCUT2D eigenvalue weighted by atomic mass is 10.4. The fraction of sp³-hybridized carbons (Fsp3) is 0.143. The molecule has 2 rings (SSSR count). The quantitative estimate of drug-likeness (QED) is 0.656. The van der Waals surface area contributed by atoms with Crippen LogP contribution in [0.15, 0.2) is 8.50 Å². The summed E-state index contributed by atoms with van der Waals surface area (Å²) in [5.41, 5.74) is 1.04. The van der Waals surface area contributed by atoms with Gasteiger partial charge in [0, 0.05) is 10.9 Å². The summed E-state index contributed by atoms with van der Waals surface area (Å²) in [5, 5.41) is 0. The fourth-order valence-corrected chi connectivity index (χ4v) is 2.37. The highest BCUT2D eigenvalue weighted by Crippen LogP contribution is 2.18. The summed E-state index contributed by atoms with van der Waals surface area (Å²) < 4.78 is 9.64. The summed E-state index contributed by atoms with van der Waals surface area (Å²) in [5.74, 6) is 1.68. The van der Waals surface area contributed by atoms with E-state index in [1.165, 1.54) is 0 Å². The van der Waals surface area contributed by atoms with E-state index in [1.807, 2.05) is 13.0 Å². The van der Waals surface area contributed by atoms with Crippen LogP contribution in [0.25, 0.3) is 6.08 Å². The van der Waals surface area contributed by atoms with Gasteiger partial charge in [-0.05, 0) is 10.2 Å². The number of aromatic nitrogens is 1. The second kappa shape index (κ2) is 2.30. The van der Waals surface area contributed by atoms with Gasteiger partial charge in [-0.2, -0.15) is 0 Å². The molecule has 1 aromatic rings. The van der Waals surface area contributed by atoms with E-state index in [2.05, 4.69) is 13.1 Å². The first-order chi connectivity index (χ1) is 4.86. The van der Waals surface area contributed by atoms with Crippen molar-refractivity contribution in [3.05, 3.63) is 21.4 Å². The average molecular weight is 247 g/mol. The van der Waals surface area contributed by atoms with E-state index in [4.69, 9.17) is 4.42 Å². The van der Waals surface area contributed by atoms with Crippen LogP contribution in [0.4, 0.5) is 0 Å². The predicted molar refractivity (Wildman–Crippen MR) is 49.5 cm³/mol. The van der Waals surface area contributed by atoms with Crippen LogP contribution in [-0.2, 0) is 0 Å². The van der Waals surface area contributed by atoms with Crippen LogP contribution in [0.3, 0.4) is 0 Å². The van der Waals surface area contributed by atoms with Gasteiger partial charge in [0.15, 0.2) is 11.7 Å². The molecule has 0 N–H and O–H groups in total. The van der Waals surface area contributed by atoms with Crippen LogP contribution in [0, 0.1) is 6.92 Å². The Morgan fingerprint density at radius 1 is 1.60 bits per heavy atom. The third kappa shape index (κ3) is 0.941. The van der Waals surface area contributed by atoms with Crippen molar-refractivity contribution in [1.82, 2.24) is 4.98 Å². The second-order valence-corrected chi connectivity index (χ2v) is 4.07. The molecule has 0 saturated heterocycles. The maximum absolute atomic E-state index is 5.29. The molecular weight excluding hydrogens is 241 g/mol. The molecule has 3 heteroatoms. The molecule has 1 aliphatic heterocycles. The monoisotopic (exact) mass is 247 g/mol. The molecule has 0 bridgehead atoms. The van der Waals surface area contributed by atoms with Gasteiger partial charge in [0.1, 0.15) is 5.69 Å². The van der Waals surface area contributed by atoms with E-state index in [0.717, 1.165) is 17.3 Å². The van der Waals surface area contributed by atoms with E-state index < -0.39 is 0 Å². The Morgan fingerprint density at radius 3 is 3.30 bits per heavy atom. The number of halogens is 1. The van der Waals surface area contributed by atoms with Crippen LogP contribution in [0.2, 0.25) is 0 Å². The third-order valence-electron chi connectivity index (χ3n) is 1.24. The van der Waals surface area contributed by atoms with Crippen molar-refractivity contribution in [3.8, 4) is 0 Å². The molecule has 0 amide bonds. The molecule has 0 aliphatic carbocycles. The second-order valence-electron chi connectivity index (χ2n) is 2.01. The SMILES string of the molecule is Cc1nc2c(o1)C=CI=C2. The van der Waals surface area contributed by atoms with Gasteiger partial charge in [0.05, 0.1) is 0 Å². The average Bonchev–Trinajstić information content (AvgIpc) is 2.27. The van der Waals surface area contributed by atoms with E-state index >= 15 is 0 Å². The van der Waals surface area contributed by atoms with Gasteiger partial charge in [-0.3, -0.25) is 0 Å². The summed E-state index contributed by atoms with van der Waals surface area (Å²) in [4.78, 5) is 4.21. The number of nitrogens with zero attached hydrogens (tertiary/aromatic N) is 1. The van der Waals surface area contributed by atoms with Gasteiger partial charge in [0.2, 0.25) is 0 Å². The van der Waals surface area contributed by atoms with Crippen molar-refractivity contribution < 1.29 is 4.42 Å². The minimum Gasteiger partial charge on any atom is -0.441 e. The molecule has 0 saturated carbocycles. The minimum atomic E-state index is 0.111. The smallest absolute Gasteiger partial charge is 0.192 e. The minimum absolute atomic E-state index is 0.111. The summed E-state index contributed by atoms with van der Waals surface area (Å²) in [6.45, 7) is 1.87. The lowest BCUT2D eigenvalue weighted by Crippen LogP contribution is -1.83. The first-order valence-corrected chi connectivity index (χ1v) is 5.44. The molecule has 2 heterocycles. The molecule has 52 valence electrons. The number of oxazole rings is 1. The van der Waals surface area contributed by atoms with Gasteiger partial charge in [-0.1, -0.05) is 20.7 Å². The Kier molecular flexibility index (Phi) is 1.44. The Hall–Kier alpha value is -0.450. The van der Waals surface area contributed by atoms with Gasteiger partial charge < -0.3 is 4.42 Å². The first kappa shape index (κ1) is 6.27. The van der Waals surface area contributed by atoms with Crippen LogP contribution in [0.1, 0.15) is 17.3 Å². The van der Waals surface area contributed by atoms with E-state index in [-0.39, 0.29) is 20.7 Å². The van der Waals surface area contributed by atoms with Gasteiger partial charge in [-0.15, -0.1) is 0 Å². The van der Waals surface area contributed by atoms with Gasteiger partial charge >= 0.3 is 0 Å². The van der Waals surface area contributed by atoms with Crippen molar-refractivity contribution in [3.63, 3.8) is 0 Å². The molecule has 0 aromatic carbocycles. The van der Waals surface area contributed by atoms with Crippen molar-refractivity contribution in [2.75, 3.05) is 0 Å². The Bertz CT molecular complexity index is 282. The largest absolute Gasteiger partial charge is 0.441 e. The maximum atomic E-state index is 5.29. The summed E-state index contributed by atoms with van der Waals surface area (Å²) in [6.07, 6.45) is 2.02. The number of rotatable bonds is 0. The normalized spacial score (nSPS) is 14.5. The zero-order valence-electron chi connectivity index (χ0n) is 5.47. The predicted octanol–water partition coefficient (Wildman–Crippen LogP) is 2.09. The Labute approximate surface area is 68.7 Å². The fourth-order valence-electron chi connectivity index (χ4n) is 0.846. The molecule has 0 unspecified atom stereocenters. The number of hydrogen-bond donors (Lipinski definition) is 0. The summed E-state index contributed by atoms with van der Waals surface area (Å²) >= 11 is 0.111. The van der Waals surface area contributed by atoms with Gasteiger partial charge in [-0.25, -0.2) is 4.98 Å². The molecule has 10 heavy (non-hydrogen) atoms. The number of aryl methyl sites for hydroxylation is 1. The van der Waals surface area contributed by atoms with E-state index in [0.29, 0.717) is 0 Å². The number of hydrogen-bond acceptors (Lipinski definition) is 2. The van der Waals surface area contributed by atoms with Gasteiger partial charge in [0.25, 0.3) is 0 Å².